The number of thiol groups is 1. The Kier molecular flexibility index (Phi) is 6.29. The van der Waals surface area contributed by atoms with Crippen molar-refractivity contribution in [2.45, 2.75) is 38.7 Å². The van der Waals surface area contributed by atoms with Gasteiger partial charge in [-0.1, -0.05) is 41.9 Å². The van der Waals surface area contributed by atoms with Crippen molar-refractivity contribution >= 4 is 11.2 Å². The van der Waals surface area contributed by atoms with Gasteiger partial charge in [0.2, 0.25) is 0 Å². The fourth-order valence-corrected chi connectivity index (χ4v) is 4.65. The van der Waals surface area contributed by atoms with Crippen LogP contribution in [0.25, 0.3) is 0 Å². The molecule has 136 valence electrons. The van der Waals surface area contributed by atoms with E-state index in [9.17, 15) is 10.1 Å². The molecule has 1 saturated heterocycles. The van der Waals surface area contributed by atoms with Crippen molar-refractivity contribution in [1.82, 2.24) is 4.90 Å². The molecule has 0 spiro atoms. The molecule has 0 bridgehead atoms. The predicted octanol–water partition coefficient (Wildman–Crippen LogP) is 4.35. The van der Waals surface area contributed by atoms with Crippen LogP contribution in [-0.2, 0) is 10.6 Å². The molecule has 2 heterocycles. The smallest absolute Gasteiger partial charge is 0.276 e. The average Bonchev–Trinajstić information content (AvgIpc) is 3.10. The Morgan fingerprint density at radius 3 is 2.60 bits per heavy atom. The highest BCUT2D eigenvalue weighted by Gasteiger charge is 2.18. The summed E-state index contributed by atoms with van der Waals surface area (Å²) >= 11 is -0.994. The highest BCUT2D eigenvalue weighted by molar-refractivity contribution is 8.18. The first-order chi connectivity index (χ1) is 12.1. The zero-order valence-corrected chi connectivity index (χ0v) is 15.5. The summed E-state index contributed by atoms with van der Waals surface area (Å²) in [6.07, 6.45) is 6.57. The van der Waals surface area contributed by atoms with Gasteiger partial charge in [0, 0.05) is 12.6 Å². The molecule has 2 atom stereocenters. The van der Waals surface area contributed by atoms with Gasteiger partial charge < -0.3 is 9.08 Å². The molecule has 2 aliphatic rings. The molecular formula is C19H26N2O3S. The quantitative estimate of drug-likeness (QED) is 0.445. The van der Waals surface area contributed by atoms with Crippen LogP contribution in [0.4, 0.5) is 0 Å². The van der Waals surface area contributed by atoms with Crippen molar-refractivity contribution in [2.24, 2.45) is 0 Å². The summed E-state index contributed by atoms with van der Waals surface area (Å²) in [4.78, 5) is 12.9. The monoisotopic (exact) mass is 362 g/mol. The van der Waals surface area contributed by atoms with E-state index in [0.29, 0.717) is 0 Å². The van der Waals surface area contributed by atoms with Crippen molar-refractivity contribution in [3.05, 3.63) is 68.1 Å². The Labute approximate surface area is 152 Å². The van der Waals surface area contributed by atoms with Crippen molar-refractivity contribution in [3.63, 3.8) is 0 Å². The molecular weight excluding hydrogens is 336 g/mol. The highest BCUT2D eigenvalue weighted by Crippen LogP contribution is 2.41. The van der Waals surface area contributed by atoms with Crippen molar-refractivity contribution < 1.29 is 9.11 Å². The normalized spacial score (nSPS) is 23.4. The Morgan fingerprint density at radius 1 is 1.24 bits per heavy atom. The predicted molar refractivity (Wildman–Crippen MR) is 103 cm³/mol. The van der Waals surface area contributed by atoms with Crippen molar-refractivity contribution in [2.75, 3.05) is 19.6 Å². The molecule has 0 saturated carbocycles. The van der Waals surface area contributed by atoms with Crippen LogP contribution in [0, 0.1) is 10.1 Å². The van der Waals surface area contributed by atoms with Crippen LogP contribution in [0.1, 0.15) is 43.4 Å². The number of nitrogens with zero attached hydrogens (tertiary/aromatic N) is 2. The van der Waals surface area contributed by atoms with Gasteiger partial charge in [-0.2, -0.15) is 0 Å². The molecule has 2 aliphatic heterocycles. The number of nitro groups is 1. The minimum absolute atomic E-state index is 0.0748. The van der Waals surface area contributed by atoms with Crippen molar-refractivity contribution in [3.8, 4) is 0 Å². The number of hydrogen-bond acceptors (Lipinski definition) is 4. The van der Waals surface area contributed by atoms with E-state index in [2.05, 4.69) is 29.2 Å². The lowest BCUT2D eigenvalue weighted by Gasteiger charge is -2.26. The lowest BCUT2D eigenvalue weighted by molar-refractivity contribution is -0.418. The number of allylic oxidation sites excluding steroid dienone is 1. The zero-order valence-electron chi connectivity index (χ0n) is 14.6. The van der Waals surface area contributed by atoms with Gasteiger partial charge >= 0.3 is 0 Å². The molecule has 0 radical (unpaired) electrons. The first-order valence-corrected chi connectivity index (χ1v) is 10.3. The van der Waals surface area contributed by atoms with Gasteiger partial charge in [-0.25, -0.2) is 0 Å². The molecule has 25 heavy (non-hydrogen) atoms. The highest BCUT2D eigenvalue weighted by atomic mass is 32.2. The van der Waals surface area contributed by atoms with Crippen LogP contribution in [0.5, 0.6) is 0 Å². The molecule has 1 aromatic rings. The van der Waals surface area contributed by atoms with E-state index in [-0.39, 0.29) is 16.7 Å². The van der Waals surface area contributed by atoms with E-state index in [0.717, 1.165) is 18.5 Å². The first kappa shape index (κ1) is 18.2. The number of hydrogen-bond donors (Lipinski definition) is 1. The lowest BCUT2D eigenvalue weighted by atomic mass is 10.1. The summed E-state index contributed by atoms with van der Waals surface area (Å²) in [5.41, 5.74) is 2.59. The van der Waals surface area contributed by atoms with E-state index in [1.54, 1.807) is 10.8 Å². The largest absolute Gasteiger partial charge is 0.324 e. The fourth-order valence-electron chi connectivity index (χ4n) is 3.21. The second-order valence-electron chi connectivity index (χ2n) is 6.63. The molecule has 0 amide bonds. The second-order valence-corrected chi connectivity index (χ2v) is 8.12. The SMILES string of the molecule is CC(O[SH]1C=CC([N+](=O)[O-])=C1)c1ccc(CCN2CCCCC2)cc1. The van der Waals surface area contributed by atoms with Crippen LogP contribution in [0.3, 0.4) is 0 Å². The molecule has 0 N–H and O–H groups in total. The Hall–Kier alpha value is -1.63. The summed E-state index contributed by atoms with van der Waals surface area (Å²) in [7, 11) is 0. The molecule has 5 nitrogen and oxygen atoms in total. The third kappa shape index (κ3) is 5.17. The zero-order chi connectivity index (χ0) is 17.6. The van der Waals surface area contributed by atoms with Crippen LogP contribution in [0.2, 0.25) is 0 Å². The standard InChI is InChI=1S/C19H26N2O3S/c1-16(24-25-14-10-19(15-25)21(22)23)18-7-5-17(6-8-18)9-13-20-11-3-2-4-12-20/h5-8,10,14-16,25H,2-4,9,11-13H2,1H3. The summed E-state index contributed by atoms with van der Waals surface area (Å²) in [5.74, 6) is 0. The van der Waals surface area contributed by atoms with Crippen LogP contribution < -0.4 is 0 Å². The number of piperidine rings is 1. The van der Waals surface area contributed by atoms with E-state index in [4.69, 9.17) is 4.18 Å². The van der Waals surface area contributed by atoms with E-state index < -0.39 is 11.2 Å². The van der Waals surface area contributed by atoms with Gasteiger partial charge in [0.1, 0.15) is 0 Å². The Morgan fingerprint density at radius 2 is 1.96 bits per heavy atom. The fraction of sp³-hybridized carbons (Fsp3) is 0.474. The Bertz CT molecular complexity index is 651. The third-order valence-corrected chi connectivity index (χ3v) is 6.28. The summed E-state index contributed by atoms with van der Waals surface area (Å²) in [5, 5.41) is 14.2. The molecule has 3 rings (SSSR count). The van der Waals surface area contributed by atoms with Gasteiger partial charge in [0.15, 0.2) is 0 Å². The minimum Gasteiger partial charge on any atom is -0.324 e. The Balaban J connectivity index is 1.49. The molecule has 0 aliphatic carbocycles. The van der Waals surface area contributed by atoms with E-state index in [1.165, 1.54) is 44.0 Å². The molecule has 6 heteroatoms. The summed E-state index contributed by atoms with van der Waals surface area (Å²) in [6.45, 7) is 5.60. The van der Waals surface area contributed by atoms with Gasteiger partial charge in [0.05, 0.1) is 16.4 Å². The topological polar surface area (TPSA) is 55.6 Å². The number of benzene rings is 1. The van der Waals surface area contributed by atoms with Crippen LogP contribution in [-0.4, -0.2) is 29.5 Å². The van der Waals surface area contributed by atoms with E-state index >= 15 is 0 Å². The first-order valence-electron chi connectivity index (χ1n) is 8.92. The van der Waals surface area contributed by atoms with Gasteiger partial charge in [-0.3, -0.25) is 10.1 Å². The lowest BCUT2D eigenvalue weighted by Crippen LogP contribution is -2.31. The summed E-state index contributed by atoms with van der Waals surface area (Å²) in [6, 6.07) is 8.58. The minimum atomic E-state index is -0.994. The summed E-state index contributed by atoms with van der Waals surface area (Å²) < 4.78 is 5.96. The number of likely N-dealkylation sites (tertiary alicyclic amines) is 1. The van der Waals surface area contributed by atoms with Crippen LogP contribution >= 0.6 is 11.2 Å². The van der Waals surface area contributed by atoms with Crippen molar-refractivity contribution in [1.29, 1.82) is 0 Å². The second kappa shape index (κ2) is 8.65. The average molecular weight is 362 g/mol. The maximum Gasteiger partial charge on any atom is 0.276 e. The number of rotatable bonds is 7. The third-order valence-electron chi connectivity index (χ3n) is 4.76. The maximum atomic E-state index is 10.8. The molecule has 0 aromatic heterocycles. The van der Waals surface area contributed by atoms with Gasteiger partial charge in [-0.15, -0.1) is 0 Å². The molecule has 2 unspecified atom stereocenters. The molecule has 1 fully saturated rings. The molecule has 1 aromatic carbocycles. The van der Waals surface area contributed by atoms with Crippen LogP contribution in [0.15, 0.2) is 46.9 Å². The van der Waals surface area contributed by atoms with Gasteiger partial charge in [0.25, 0.3) is 5.70 Å². The maximum absolute atomic E-state index is 10.8. The van der Waals surface area contributed by atoms with Gasteiger partial charge in [-0.05, 0) is 55.8 Å². The van der Waals surface area contributed by atoms with E-state index in [1.807, 2.05) is 6.92 Å².